The van der Waals surface area contributed by atoms with E-state index in [2.05, 4.69) is 66.5 Å². The van der Waals surface area contributed by atoms with Gasteiger partial charge in [-0.3, -0.25) is 9.69 Å². The van der Waals surface area contributed by atoms with Crippen LogP contribution in [0.3, 0.4) is 0 Å². The molecule has 0 unspecified atom stereocenters. The second kappa shape index (κ2) is 11.6. The average molecular weight is 518 g/mol. The molecule has 5 aromatic rings. The van der Waals surface area contributed by atoms with Crippen LogP contribution in [0.15, 0.2) is 96.2 Å². The number of hydrogen-bond acceptors (Lipinski definition) is 7. The first-order chi connectivity index (χ1) is 19.2. The maximum absolute atomic E-state index is 12.4. The lowest BCUT2D eigenvalue weighted by Gasteiger charge is -2.34. The summed E-state index contributed by atoms with van der Waals surface area (Å²) in [5.41, 5.74) is 5.67. The summed E-state index contributed by atoms with van der Waals surface area (Å²) in [6, 6.07) is 24.3. The van der Waals surface area contributed by atoms with Crippen molar-refractivity contribution in [2.45, 2.75) is 6.54 Å². The lowest BCUT2D eigenvalue weighted by atomic mass is 9.97. The summed E-state index contributed by atoms with van der Waals surface area (Å²) in [5.74, 6) is 0.821. The number of benzene rings is 2. The van der Waals surface area contributed by atoms with Gasteiger partial charge < -0.3 is 15.2 Å². The van der Waals surface area contributed by atoms with Gasteiger partial charge in [-0.25, -0.2) is 15.0 Å². The third-order valence-electron chi connectivity index (χ3n) is 7.21. The molecule has 0 atom stereocenters. The van der Waals surface area contributed by atoms with E-state index < -0.39 is 0 Å². The van der Waals surface area contributed by atoms with Crippen molar-refractivity contribution in [3.63, 3.8) is 0 Å². The maximum Gasteiger partial charge on any atom is 0.257 e. The first-order valence-corrected chi connectivity index (χ1v) is 13.4. The van der Waals surface area contributed by atoms with Crippen LogP contribution in [0.4, 0.5) is 5.95 Å². The van der Waals surface area contributed by atoms with Crippen molar-refractivity contribution in [3.8, 4) is 22.4 Å². The van der Waals surface area contributed by atoms with Crippen molar-refractivity contribution in [1.82, 2.24) is 30.2 Å². The zero-order valence-electron chi connectivity index (χ0n) is 21.8. The van der Waals surface area contributed by atoms with Gasteiger partial charge in [-0.05, 0) is 29.3 Å². The topological polar surface area (TPSA) is 90.0 Å². The van der Waals surface area contributed by atoms with Crippen molar-refractivity contribution in [3.05, 3.63) is 107 Å². The monoisotopic (exact) mass is 517 g/mol. The van der Waals surface area contributed by atoms with E-state index in [0.717, 1.165) is 74.1 Å². The van der Waals surface area contributed by atoms with E-state index in [1.54, 1.807) is 18.6 Å². The molecule has 196 valence electrons. The van der Waals surface area contributed by atoms with E-state index in [9.17, 15) is 4.79 Å². The number of anilines is 1. The first-order valence-electron chi connectivity index (χ1n) is 13.4. The third kappa shape index (κ3) is 5.72. The number of H-pyrrole nitrogens is 1. The fourth-order valence-electron chi connectivity index (χ4n) is 5.04. The lowest BCUT2D eigenvalue weighted by Crippen LogP contribution is -2.48. The van der Waals surface area contributed by atoms with Crippen LogP contribution in [-0.4, -0.2) is 64.1 Å². The van der Waals surface area contributed by atoms with E-state index in [4.69, 9.17) is 4.98 Å². The standard InChI is InChI=1S/C31H31N7O/c39-30-27-21-26(24-5-2-1-3-6-24)29(36-28(27)11-14-33-30)25-9-7-23(8-10-25)22-32-15-16-37-17-19-38(20-18-37)31-34-12-4-13-35-31/h1-14,21,32H,15-20,22H2,(H,33,39). The average Bonchev–Trinajstić information content (AvgIpc) is 3.00. The van der Waals surface area contributed by atoms with Crippen LogP contribution < -0.4 is 15.8 Å². The predicted octanol–water partition coefficient (Wildman–Crippen LogP) is 3.96. The van der Waals surface area contributed by atoms with E-state index in [0.29, 0.717) is 10.9 Å². The number of aromatic nitrogens is 4. The Hall–Kier alpha value is -4.40. The van der Waals surface area contributed by atoms with E-state index in [1.165, 1.54) is 5.56 Å². The van der Waals surface area contributed by atoms with Crippen molar-refractivity contribution in [2.24, 2.45) is 0 Å². The molecule has 3 aromatic heterocycles. The zero-order valence-corrected chi connectivity index (χ0v) is 21.8. The highest BCUT2D eigenvalue weighted by atomic mass is 16.1. The number of hydrogen-bond donors (Lipinski definition) is 2. The van der Waals surface area contributed by atoms with Crippen LogP contribution >= 0.6 is 0 Å². The van der Waals surface area contributed by atoms with E-state index >= 15 is 0 Å². The molecule has 0 bridgehead atoms. The molecule has 0 spiro atoms. The Morgan fingerprint density at radius 2 is 1.62 bits per heavy atom. The SMILES string of the molecule is O=c1[nH]ccc2nc(-c3ccc(CNCCN4CCN(c5ncccn5)CC4)cc3)c(-c3ccccc3)cc12. The predicted molar refractivity (Wildman–Crippen MR) is 156 cm³/mol. The summed E-state index contributed by atoms with van der Waals surface area (Å²) in [5, 5.41) is 4.18. The molecule has 39 heavy (non-hydrogen) atoms. The van der Waals surface area contributed by atoms with Gasteiger partial charge >= 0.3 is 0 Å². The van der Waals surface area contributed by atoms with Crippen molar-refractivity contribution in [1.29, 1.82) is 0 Å². The molecule has 8 heteroatoms. The number of rotatable bonds is 8. The lowest BCUT2D eigenvalue weighted by molar-refractivity contribution is 0.256. The van der Waals surface area contributed by atoms with Gasteiger partial charge in [0.25, 0.3) is 5.56 Å². The van der Waals surface area contributed by atoms with Gasteiger partial charge in [0.2, 0.25) is 5.95 Å². The number of pyridine rings is 2. The Bertz CT molecular complexity index is 1580. The van der Waals surface area contributed by atoms with Gasteiger partial charge in [0.15, 0.2) is 0 Å². The number of fused-ring (bicyclic) bond motifs is 1. The summed E-state index contributed by atoms with van der Waals surface area (Å²) in [7, 11) is 0. The molecule has 4 heterocycles. The highest BCUT2D eigenvalue weighted by molar-refractivity contribution is 5.91. The molecule has 0 radical (unpaired) electrons. The summed E-state index contributed by atoms with van der Waals surface area (Å²) in [4.78, 5) is 33.6. The normalized spacial score (nSPS) is 14.1. The van der Waals surface area contributed by atoms with Gasteiger partial charge in [0.1, 0.15) is 0 Å². The molecule has 2 N–H and O–H groups in total. The summed E-state index contributed by atoms with van der Waals surface area (Å²) in [6.07, 6.45) is 5.25. The number of nitrogens with zero attached hydrogens (tertiary/aromatic N) is 5. The largest absolute Gasteiger partial charge is 0.338 e. The van der Waals surface area contributed by atoms with Crippen LogP contribution in [0.5, 0.6) is 0 Å². The zero-order chi connectivity index (χ0) is 26.4. The molecule has 1 fully saturated rings. The molecular formula is C31H31N7O. The van der Waals surface area contributed by atoms with Crippen LogP contribution in [0.1, 0.15) is 5.56 Å². The van der Waals surface area contributed by atoms with Gasteiger partial charge in [0.05, 0.1) is 16.6 Å². The minimum absolute atomic E-state index is 0.128. The Kier molecular flexibility index (Phi) is 7.38. The molecule has 1 aliphatic heterocycles. The Labute approximate surface area is 227 Å². The quantitative estimate of drug-likeness (QED) is 0.301. The minimum atomic E-state index is -0.128. The molecule has 0 amide bonds. The van der Waals surface area contributed by atoms with E-state index in [-0.39, 0.29) is 5.56 Å². The van der Waals surface area contributed by atoms with Crippen molar-refractivity contribution < 1.29 is 0 Å². The second-order valence-electron chi connectivity index (χ2n) is 9.74. The molecule has 2 aromatic carbocycles. The van der Waals surface area contributed by atoms with Gasteiger partial charge in [-0.15, -0.1) is 0 Å². The van der Waals surface area contributed by atoms with Crippen LogP contribution in [0.25, 0.3) is 33.3 Å². The maximum atomic E-state index is 12.4. The van der Waals surface area contributed by atoms with Gasteiger partial charge in [-0.2, -0.15) is 0 Å². The molecule has 1 saturated heterocycles. The van der Waals surface area contributed by atoms with Crippen molar-refractivity contribution in [2.75, 3.05) is 44.2 Å². The molecule has 1 aliphatic rings. The molecule has 6 rings (SSSR count). The highest BCUT2D eigenvalue weighted by Gasteiger charge is 2.18. The van der Waals surface area contributed by atoms with Gasteiger partial charge in [0, 0.05) is 75.5 Å². The second-order valence-corrected chi connectivity index (χ2v) is 9.74. The molecule has 0 aliphatic carbocycles. The molecule has 0 saturated carbocycles. The fourth-order valence-corrected chi connectivity index (χ4v) is 5.04. The Morgan fingerprint density at radius 3 is 2.38 bits per heavy atom. The third-order valence-corrected chi connectivity index (χ3v) is 7.21. The minimum Gasteiger partial charge on any atom is -0.338 e. The van der Waals surface area contributed by atoms with Crippen LogP contribution in [0.2, 0.25) is 0 Å². The van der Waals surface area contributed by atoms with E-state index in [1.807, 2.05) is 36.4 Å². The molecular weight excluding hydrogens is 486 g/mol. The Balaban J connectivity index is 1.08. The van der Waals surface area contributed by atoms with Gasteiger partial charge in [-0.1, -0.05) is 54.6 Å². The number of nitrogens with one attached hydrogen (secondary N) is 2. The smallest absolute Gasteiger partial charge is 0.257 e. The summed E-state index contributed by atoms with van der Waals surface area (Å²) >= 11 is 0. The first kappa shape index (κ1) is 24.9. The summed E-state index contributed by atoms with van der Waals surface area (Å²) < 4.78 is 0. The van der Waals surface area contributed by atoms with Crippen LogP contribution in [0, 0.1) is 0 Å². The Morgan fingerprint density at radius 1 is 0.846 bits per heavy atom. The molecule has 8 nitrogen and oxygen atoms in total. The fraction of sp³-hybridized carbons (Fsp3) is 0.226. The van der Waals surface area contributed by atoms with Crippen LogP contribution in [-0.2, 0) is 6.54 Å². The van der Waals surface area contributed by atoms with Crippen molar-refractivity contribution >= 4 is 16.9 Å². The summed E-state index contributed by atoms with van der Waals surface area (Å²) in [6.45, 7) is 6.70. The number of piperazine rings is 1. The number of aromatic amines is 1. The highest BCUT2D eigenvalue weighted by Crippen LogP contribution is 2.32.